The van der Waals surface area contributed by atoms with Gasteiger partial charge in [0.15, 0.2) is 5.11 Å². The summed E-state index contributed by atoms with van der Waals surface area (Å²) >= 11 is 5.82. The van der Waals surface area contributed by atoms with Crippen molar-refractivity contribution in [2.24, 2.45) is 0 Å². The van der Waals surface area contributed by atoms with Crippen LogP contribution in [0.2, 0.25) is 0 Å². The highest BCUT2D eigenvalue weighted by atomic mass is 32.1. The molecule has 6 nitrogen and oxygen atoms in total. The number of nitrogens with zero attached hydrogens (tertiary/aromatic N) is 3. The SMILES string of the molecule is Cc1ccc(C)c(NC(=O)CCN2C(=S)NC(c3ccccn3)C2c2cccn2-c2ccccc2C)c1. The Morgan fingerprint density at radius 1 is 1.00 bits per heavy atom. The first kappa shape index (κ1) is 24.7. The Kier molecular flexibility index (Phi) is 7.06. The van der Waals surface area contributed by atoms with Crippen molar-refractivity contribution in [3.63, 3.8) is 0 Å². The minimum absolute atomic E-state index is 0.0363. The summed E-state index contributed by atoms with van der Waals surface area (Å²) in [6, 6.07) is 24.2. The number of rotatable bonds is 7. The summed E-state index contributed by atoms with van der Waals surface area (Å²) in [6.45, 7) is 6.62. The van der Waals surface area contributed by atoms with Crippen LogP contribution in [0.5, 0.6) is 0 Å². The molecule has 2 unspecified atom stereocenters. The third kappa shape index (κ3) is 5.13. The van der Waals surface area contributed by atoms with E-state index in [1.54, 1.807) is 6.20 Å². The Hall–Kier alpha value is -3.97. The predicted molar refractivity (Wildman–Crippen MR) is 152 cm³/mol. The van der Waals surface area contributed by atoms with Crippen molar-refractivity contribution in [3.8, 4) is 5.69 Å². The van der Waals surface area contributed by atoms with Crippen LogP contribution in [-0.2, 0) is 4.79 Å². The normalized spacial score (nSPS) is 17.1. The third-order valence-corrected chi connectivity index (χ3v) is 7.26. The largest absolute Gasteiger partial charge is 0.352 e. The second-order valence-electron chi connectivity index (χ2n) is 9.53. The zero-order valence-electron chi connectivity index (χ0n) is 21.3. The van der Waals surface area contributed by atoms with Crippen LogP contribution in [0.15, 0.2) is 85.2 Å². The van der Waals surface area contributed by atoms with Gasteiger partial charge in [-0.05, 0) is 86.1 Å². The Bertz CT molecular complexity index is 1430. The van der Waals surface area contributed by atoms with Gasteiger partial charge in [-0.2, -0.15) is 0 Å². The molecule has 1 amide bonds. The molecule has 4 aromatic rings. The van der Waals surface area contributed by atoms with Gasteiger partial charge in [-0.25, -0.2) is 0 Å². The van der Waals surface area contributed by atoms with Gasteiger partial charge < -0.3 is 20.1 Å². The number of aryl methyl sites for hydroxylation is 3. The van der Waals surface area contributed by atoms with Crippen molar-refractivity contribution < 1.29 is 4.79 Å². The monoisotopic (exact) mass is 509 g/mol. The summed E-state index contributed by atoms with van der Waals surface area (Å²) in [5.41, 5.74) is 7.31. The van der Waals surface area contributed by atoms with Crippen LogP contribution < -0.4 is 10.6 Å². The van der Waals surface area contributed by atoms with E-state index in [0.717, 1.165) is 33.9 Å². The van der Waals surface area contributed by atoms with E-state index in [1.165, 1.54) is 5.56 Å². The fourth-order valence-corrected chi connectivity index (χ4v) is 5.29. The predicted octanol–water partition coefficient (Wildman–Crippen LogP) is 5.80. The average molecular weight is 510 g/mol. The first-order valence-electron chi connectivity index (χ1n) is 12.5. The first-order chi connectivity index (χ1) is 17.9. The highest BCUT2D eigenvalue weighted by Crippen LogP contribution is 2.39. The van der Waals surface area contributed by atoms with E-state index < -0.39 is 0 Å². The topological polar surface area (TPSA) is 62.2 Å². The average Bonchev–Trinajstić information content (AvgIpc) is 3.50. The number of pyridine rings is 1. The summed E-state index contributed by atoms with van der Waals surface area (Å²) < 4.78 is 2.22. The number of aromatic nitrogens is 2. The van der Waals surface area contributed by atoms with Crippen LogP contribution in [0, 0.1) is 20.8 Å². The van der Waals surface area contributed by atoms with E-state index in [2.05, 4.69) is 68.5 Å². The lowest BCUT2D eigenvalue weighted by Gasteiger charge is -2.29. The minimum atomic E-state index is -0.145. The summed E-state index contributed by atoms with van der Waals surface area (Å²) in [7, 11) is 0. The number of amides is 1. The van der Waals surface area contributed by atoms with E-state index in [0.29, 0.717) is 18.1 Å². The molecule has 0 aliphatic carbocycles. The van der Waals surface area contributed by atoms with Gasteiger partial charge in [-0.1, -0.05) is 36.4 Å². The van der Waals surface area contributed by atoms with E-state index in [9.17, 15) is 4.79 Å². The van der Waals surface area contributed by atoms with Crippen LogP contribution in [0.1, 0.15) is 46.6 Å². The molecule has 1 fully saturated rings. The van der Waals surface area contributed by atoms with Gasteiger partial charge >= 0.3 is 0 Å². The fraction of sp³-hybridized carbons (Fsp3) is 0.233. The molecule has 37 heavy (non-hydrogen) atoms. The molecule has 0 radical (unpaired) electrons. The number of carbonyl (C=O) groups is 1. The molecule has 7 heteroatoms. The van der Waals surface area contributed by atoms with Crippen molar-refractivity contribution >= 4 is 28.9 Å². The third-order valence-electron chi connectivity index (χ3n) is 6.90. The number of benzene rings is 2. The Labute approximate surface area is 223 Å². The molecular formula is C30H31N5OS. The van der Waals surface area contributed by atoms with Gasteiger partial charge in [0, 0.05) is 42.4 Å². The van der Waals surface area contributed by atoms with E-state index in [4.69, 9.17) is 12.2 Å². The molecule has 1 aliphatic heterocycles. The summed E-state index contributed by atoms with van der Waals surface area (Å²) in [4.78, 5) is 19.8. The second kappa shape index (κ2) is 10.6. The zero-order valence-corrected chi connectivity index (χ0v) is 22.1. The molecule has 1 saturated heterocycles. The molecule has 2 aromatic carbocycles. The molecule has 5 rings (SSSR count). The summed E-state index contributed by atoms with van der Waals surface area (Å²) in [5, 5.41) is 7.19. The highest BCUT2D eigenvalue weighted by molar-refractivity contribution is 7.80. The van der Waals surface area contributed by atoms with Crippen molar-refractivity contribution in [2.45, 2.75) is 39.3 Å². The standard InChI is InChI=1S/C30H31N5OS/c1-20-13-14-21(2)24(19-20)32-27(36)15-18-35-29(28(33-30(35)37)23-10-6-7-16-31-23)26-12-8-17-34(26)25-11-5-4-9-22(25)3/h4-14,16-17,19,28-29H,15,18H2,1-3H3,(H,32,36)(H,33,37). The minimum Gasteiger partial charge on any atom is -0.352 e. The maximum atomic E-state index is 13.0. The zero-order chi connectivity index (χ0) is 25.9. The molecule has 0 saturated carbocycles. The van der Waals surface area contributed by atoms with E-state index in [-0.39, 0.29) is 18.0 Å². The van der Waals surface area contributed by atoms with Crippen LogP contribution >= 0.6 is 12.2 Å². The summed E-state index contributed by atoms with van der Waals surface area (Å²) in [5.74, 6) is -0.0363. The van der Waals surface area contributed by atoms with Crippen molar-refractivity contribution in [2.75, 3.05) is 11.9 Å². The summed E-state index contributed by atoms with van der Waals surface area (Å²) in [6.07, 6.45) is 4.20. The smallest absolute Gasteiger partial charge is 0.226 e. The van der Waals surface area contributed by atoms with Gasteiger partial charge in [0.1, 0.15) is 0 Å². The number of anilines is 1. The van der Waals surface area contributed by atoms with Gasteiger partial charge in [0.2, 0.25) is 5.91 Å². The van der Waals surface area contributed by atoms with Crippen LogP contribution in [-0.4, -0.2) is 32.0 Å². The lowest BCUT2D eigenvalue weighted by atomic mass is 10.0. The number of thiocarbonyl (C=S) groups is 1. The molecule has 0 bridgehead atoms. The van der Waals surface area contributed by atoms with Crippen molar-refractivity contribution in [3.05, 3.63) is 113 Å². The number of hydrogen-bond acceptors (Lipinski definition) is 3. The molecule has 3 heterocycles. The Morgan fingerprint density at radius 3 is 2.59 bits per heavy atom. The lowest BCUT2D eigenvalue weighted by Crippen LogP contribution is -2.33. The molecule has 2 aromatic heterocycles. The maximum Gasteiger partial charge on any atom is 0.226 e. The first-order valence-corrected chi connectivity index (χ1v) is 12.9. The van der Waals surface area contributed by atoms with Crippen LogP contribution in [0.3, 0.4) is 0 Å². The van der Waals surface area contributed by atoms with Crippen molar-refractivity contribution in [1.29, 1.82) is 0 Å². The Balaban J connectivity index is 1.45. The molecular weight excluding hydrogens is 478 g/mol. The number of hydrogen-bond donors (Lipinski definition) is 2. The second-order valence-corrected chi connectivity index (χ2v) is 9.91. The fourth-order valence-electron chi connectivity index (χ4n) is 4.96. The van der Waals surface area contributed by atoms with Gasteiger partial charge in [0.25, 0.3) is 0 Å². The molecule has 2 atom stereocenters. The van der Waals surface area contributed by atoms with Crippen molar-refractivity contribution in [1.82, 2.24) is 19.8 Å². The van der Waals surface area contributed by atoms with E-state index >= 15 is 0 Å². The number of carbonyl (C=O) groups excluding carboxylic acids is 1. The maximum absolute atomic E-state index is 13.0. The Morgan fingerprint density at radius 2 is 1.81 bits per heavy atom. The molecule has 1 aliphatic rings. The quantitative estimate of drug-likeness (QED) is 0.309. The molecule has 188 valence electrons. The van der Waals surface area contributed by atoms with Crippen LogP contribution in [0.25, 0.3) is 5.69 Å². The highest BCUT2D eigenvalue weighted by Gasteiger charge is 2.41. The molecule has 0 spiro atoms. The molecule has 2 N–H and O–H groups in total. The number of nitrogens with one attached hydrogen (secondary N) is 2. The van der Waals surface area contributed by atoms with Gasteiger partial charge in [-0.15, -0.1) is 0 Å². The van der Waals surface area contributed by atoms with Gasteiger partial charge in [-0.3, -0.25) is 9.78 Å². The van der Waals surface area contributed by atoms with Gasteiger partial charge in [0.05, 0.1) is 17.8 Å². The number of para-hydroxylation sites is 1. The lowest BCUT2D eigenvalue weighted by molar-refractivity contribution is -0.116. The van der Waals surface area contributed by atoms with Crippen LogP contribution in [0.4, 0.5) is 5.69 Å². The van der Waals surface area contributed by atoms with E-state index in [1.807, 2.05) is 56.3 Å².